The predicted octanol–water partition coefficient (Wildman–Crippen LogP) is 4.37. The first-order valence-electron chi connectivity index (χ1n) is 14.2. The second kappa shape index (κ2) is 12.5. The molecule has 1 amide bonds. The number of alkyl carbamates (subject to hydrolysis) is 1. The van der Waals surface area contributed by atoms with Gasteiger partial charge in [0, 0.05) is 24.5 Å². The molecule has 2 unspecified atom stereocenters. The fourth-order valence-corrected chi connectivity index (χ4v) is 5.63. The fourth-order valence-electron chi connectivity index (χ4n) is 5.63. The van der Waals surface area contributed by atoms with Crippen molar-refractivity contribution in [1.82, 2.24) is 15.2 Å². The lowest BCUT2D eigenvalue weighted by atomic mass is 9.85. The standard InChI is InChI=1S/C30H43N3O6/c1-6-20-15-19-11-9-8-10-14-38-29(36)32-25(30(3,4)5)27(34)33-18-21(17-24(33)28(35)37-7-2)39-26-23(16-19)22(20)12-13-31-26/h12-13,15-16,21,24-25,27,34H,6-11,14,17-18H2,1-5H3,(H,32,36)/t21-,24+,25-,27?/m1/s1. The normalized spacial score (nSPS) is 26.7. The second-order valence-corrected chi connectivity index (χ2v) is 11.6. The van der Waals surface area contributed by atoms with E-state index in [2.05, 4.69) is 29.4 Å². The molecule has 2 aliphatic heterocycles. The number of nitrogens with one attached hydrogen (secondary N) is 1. The van der Waals surface area contributed by atoms with Crippen molar-refractivity contribution in [3.8, 4) is 5.88 Å². The molecule has 1 fully saturated rings. The van der Waals surface area contributed by atoms with Crippen LogP contribution >= 0.6 is 0 Å². The molecule has 5 atom stereocenters. The fraction of sp³-hybridized carbons (Fsp3) is 0.633. The number of aliphatic hydroxyl groups is 1. The number of aliphatic hydroxyl groups excluding tert-OH is 1. The molecule has 1 saturated heterocycles. The summed E-state index contributed by atoms with van der Waals surface area (Å²) in [7, 11) is 0. The number of carbonyl (C=O) groups excluding carboxylic acids is 2. The highest BCUT2D eigenvalue weighted by molar-refractivity contribution is 5.90. The first-order valence-corrected chi connectivity index (χ1v) is 14.2. The largest absolute Gasteiger partial charge is 0.472 e. The molecule has 1 aromatic heterocycles. The van der Waals surface area contributed by atoms with Gasteiger partial charge in [0.15, 0.2) is 0 Å². The number of hydrogen-bond acceptors (Lipinski definition) is 8. The minimum atomic E-state index is -1.17. The SMILES string of the molecule is CCOC(=O)[C@@H]1C[C@@H]2CN1C(O)[C@H](C(C)(C)C)NC(=O)OCCCCCc1cc(CC)c3ccnc(c3c1)O2. The number of amides is 1. The minimum Gasteiger partial charge on any atom is -0.472 e. The van der Waals surface area contributed by atoms with E-state index in [9.17, 15) is 14.7 Å². The number of carbonyl (C=O) groups is 2. The van der Waals surface area contributed by atoms with Crippen molar-refractivity contribution in [2.24, 2.45) is 5.41 Å². The average Bonchev–Trinajstić information content (AvgIpc) is 3.31. The topological polar surface area (TPSA) is 110 Å². The molecular formula is C30H43N3O6. The quantitative estimate of drug-likeness (QED) is 0.552. The summed E-state index contributed by atoms with van der Waals surface area (Å²) in [4.78, 5) is 32.0. The number of hydrogen-bond donors (Lipinski definition) is 2. The van der Waals surface area contributed by atoms with Crippen LogP contribution in [0.2, 0.25) is 0 Å². The van der Waals surface area contributed by atoms with E-state index in [1.54, 1.807) is 18.0 Å². The van der Waals surface area contributed by atoms with E-state index >= 15 is 0 Å². The lowest BCUT2D eigenvalue weighted by molar-refractivity contribution is -0.154. The van der Waals surface area contributed by atoms with Gasteiger partial charge in [-0.2, -0.15) is 0 Å². The third-order valence-electron chi connectivity index (χ3n) is 7.69. The lowest BCUT2D eigenvalue weighted by Gasteiger charge is -2.40. The number of fused-ring (bicyclic) bond motifs is 3. The van der Waals surface area contributed by atoms with Gasteiger partial charge in [0.1, 0.15) is 18.4 Å². The molecule has 39 heavy (non-hydrogen) atoms. The Morgan fingerprint density at radius 3 is 2.72 bits per heavy atom. The van der Waals surface area contributed by atoms with Crippen molar-refractivity contribution in [1.29, 1.82) is 0 Å². The summed E-state index contributed by atoms with van der Waals surface area (Å²) in [6.07, 6.45) is 4.37. The monoisotopic (exact) mass is 541 g/mol. The number of ether oxygens (including phenoxy) is 3. The van der Waals surface area contributed by atoms with Gasteiger partial charge in [0.2, 0.25) is 5.88 Å². The van der Waals surface area contributed by atoms with Crippen LogP contribution in [0.1, 0.15) is 71.4 Å². The molecule has 1 aromatic carbocycles. The van der Waals surface area contributed by atoms with E-state index in [1.165, 1.54) is 11.1 Å². The zero-order chi connectivity index (χ0) is 28.2. The first-order chi connectivity index (χ1) is 18.6. The Labute approximate surface area is 231 Å². The molecule has 0 radical (unpaired) electrons. The maximum atomic E-state index is 13.0. The van der Waals surface area contributed by atoms with Gasteiger partial charge in [-0.15, -0.1) is 0 Å². The highest BCUT2D eigenvalue weighted by atomic mass is 16.5. The smallest absolute Gasteiger partial charge is 0.407 e. The van der Waals surface area contributed by atoms with Crippen LogP contribution in [0.5, 0.6) is 5.88 Å². The molecule has 4 rings (SSSR count). The molecule has 3 heterocycles. The zero-order valence-electron chi connectivity index (χ0n) is 23.9. The Kier molecular flexibility index (Phi) is 9.33. The third-order valence-corrected chi connectivity index (χ3v) is 7.69. The van der Waals surface area contributed by atoms with Crippen molar-refractivity contribution < 1.29 is 28.9 Å². The van der Waals surface area contributed by atoms with Gasteiger partial charge in [0.25, 0.3) is 0 Å². The Hall–Kier alpha value is -2.91. The molecule has 0 aliphatic carbocycles. The number of pyridine rings is 1. The van der Waals surface area contributed by atoms with Gasteiger partial charge in [-0.1, -0.05) is 33.8 Å². The van der Waals surface area contributed by atoms with Crippen LogP contribution in [0.25, 0.3) is 10.8 Å². The van der Waals surface area contributed by atoms with Crippen LogP contribution in [-0.2, 0) is 27.1 Å². The highest BCUT2D eigenvalue weighted by Crippen LogP contribution is 2.34. The van der Waals surface area contributed by atoms with Gasteiger partial charge in [-0.3, -0.25) is 9.69 Å². The van der Waals surface area contributed by atoms with E-state index in [0.717, 1.165) is 42.9 Å². The lowest BCUT2D eigenvalue weighted by Crippen LogP contribution is -2.59. The molecule has 0 saturated carbocycles. The van der Waals surface area contributed by atoms with Crippen molar-refractivity contribution >= 4 is 22.8 Å². The predicted molar refractivity (Wildman–Crippen MR) is 149 cm³/mol. The van der Waals surface area contributed by atoms with Crippen LogP contribution in [0.4, 0.5) is 4.79 Å². The van der Waals surface area contributed by atoms with Crippen molar-refractivity contribution in [3.05, 3.63) is 35.5 Å². The summed E-state index contributed by atoms with van der Waals surface area (Å²) in [5.41, 5.74) is 1.93. The van der Waals surface area contributed by atoms with E-state index in [4.69, 9.17) is 14.2 Å². The zero-order valence-corrected chi connectivity index (χ0v) is 23.9. The number of benzene rings is 1. The number of rotatable bonds is 3. The molecule has 9 nitrogen and oxygen atoms in total. The van der Waals surface area contributed by atoms with Crippen LogP contribution < -0.4 is 10.1 Å². The molecule has 0 spiro atoms. The molecule has 214 valence electrons. The summed E-state index contributed by atoms with van der Waals surface area (Å²) in [5.74, 6) is 0.105. The van der Waals surface area contributed by atoms with Crippen LogP contribution in [-0.4, -0.2) is 71.2 Å². The van der Waals surface area contributed by atoms with Crippen LogP contribution in [0, 0.1) is 5.41 Å². The summed E-state index contributed by atoms with van der Waals surface area (Å²) in [6.45, 7) is 10.5. The van der Waals surface area contributed by atoms with Gasteiger partial charge >= 0.3 is 12.1 Å². The van der Waals surface area contributed by atoms with Crippen LogP contribution in [0.3, 0.4) is 0 Å². The van der Waals surface area contributed by atoms with Crippen LogP contribution in [0.15, 0.2) is 24.4 Å². The molecular weight excluding hydrogens is 498 g/mol. The summed E-state index contributed by atoms with van der Waals surface area (Å²) < 4.78 is 17.3. The van der Waals surface area contributed by atoms with E-state index < -0.39 is 41.9 Å². The van der Waals surface area contributed by atoms with E-state index in [1.807, 2.05) is 26.8 Å². The Balaban J connectivity index is 1.73. The highest BCUT2D eigenvalue weighted by Gasteiger charge is 2.47. The van der Waals surface area contributed by atoms with Gasteiger partial charge < -0.3 is 24.6 Å². The van der Waals surface area contributed by atoms with Gasteiger partial charge in [-0.05, 0) is 73.1 Å². The van der Waals surface area contributed by atoms with Crippen molar-refractivity contribution in [2.75, 3.05) is 19.8 Å². The molecule has 2 aliphatic rings. The number of aryl methyl sites for hydroxylation is 2. The summed E-state index contributed by atoms with van der Waals surface area (Å²) in [6, 6.07) is 5.00. The Morgan fingerprint density at radius 1 is 1.21 bits per heavy atom. The van der Waals surface area contributed by atoms with E-state index in [-0.39, 0.29) is 13.2 Å². The summed E-state index contributed by atoms with van der Waals surface area (Å²) in [5, 5.41) is 16.5. The Bertz CT molecular complexity index is 1160. The number of esters is 1. The Morgan fingerprint density at radius 2 is 2.00 bits per heavy atom. The number of aromatic nitrogens is 1. The average molecular weight is 542 g/mol. The molecule has 2 N–H and O–H groups in total. The maximum Gasteiger partial charge on any atom is 0.407 e. The third kappa shape index (κ3) is 6.81. The second-order valence-electron chi connectivity index (χ2n) is 11.6. The van der Waals surface area contributed by atoms with Gasteiger partial charge in [-0.25, -0.2) is 9.78 Å². The molecule has 4 bridgehead atoms. The minimum absolute atomic E-state index is 0.228. The van der Waals surface area contributed by atoms with Crippen molar-refractivity contribution in [3.63, 3.8) is 0 Å². The van der Waals surface area contributed by atoms with Crippen molar-refractivity contribution in [2.45, 2.75) is 97.6 Å². The van der Waals surface area contributed by atoms with Gasteiger partial charge in [0.05, 0.1) is 19.3 Å². The molecule has 2 aromatic rings. The summed E-state index contributed by atoms with van der Waals surface area (Å²) >= 11 is 0. The number of nitrogens with zero attached hydrogens (tertiary/aromatic N) is 2. The maximum absolute atomic E-state index is 13.0. The molecule has 9 heteroatoms. The number of cyclic esters (lactones) is 1. The first kappa shape index (κ1) is 29.1. The van der Waals surface area contributed by atoms with E-state index in [0.29, 0.717) is 18.9 Å².